The maximum Gasteiger partial charge on any atom is 1.00 e. The molecule has 0 heterocycles. The Morgan fingerprint density at radius 3 is 2.33 bits per heavy atom. The molecule has 0 amide bonds. The Morgan fingerprint density at radius 2 is 1.89 bits per heavy atom. The molecule has 0 saturated heterocycles. The third-order valence-electron chi connectivity index (χ3n) is 1.11. The van der Waals surface area contributed by atoms with Gasteiger partial charge in [-0.05, 0) is 0 Å². The predicted octanol–water partition coefficient (Wildman–Crippen LogP) is -0.862. The van der Waals surface area contributed by atoms with Crippen molar-refractivity contribution in [1.82, 2.24) is 0 Å². The zero-order valence-electron chi connectivity index (χ0n) is 5.80. The molecule has 1 aromatic rings. The molecule has 1 aromatic carbocycles. The average molecular weight is 112 g/mol. The molecule has 0 aromatic heterocycles. The summed E-state index contributed by atoms with van der Waals surface area (Å²) >= 11 is 0. The topological polar surface area (TPSA) is 0 Å². The van der Waals surface area contributed by atoms with E-state index < -0.39 is 0 Å². The number of hydrogen-bond acceptors (Lipinski definition) is 0. The minimum atomic E-state index is 0. The summed E-state index contributed by atoms with van der Waals surface area (Å²) in [5.74, 6) is 0. The summed E-state index contributed by atoms with van der Waals surface area (Å²) in [6, 6.07) is 8.28. The molecule has 0 bridgehead atoms. The second kappa shape index (κ2) is 4.56. The van der Waals surface area contributed by atoms with Crippen LogP contribution in [0.1, 0.15) is 5.56 Å². The summed E-state index contributed by atoms with van der Waals surface area (Å²) in [6.07, 6.45) is 2.91. The Morgan fingerprint density at radius 1 is 1.33 bits per heavy atom. The van der Waals surface area contributed by atoms with Crippen molar-refractivity contribution in [2.75, 3.05) is 0 Å². The molecule has 0 nitrogen and oxygen atoms in total. The van der Waals surface area contributed by atoms with Crippen LogP contribution in [0.2, 0.25) is 0 Å². The molecule has 0 aliphatic carbocycles. The molecule has 9 heavy (non-hydrogen) atoms. The summed E-state index contributed by atoms with van der Waals surface area (Å²) in [7, 11) is 0. The molecule has 0 N–H and O–H groups in total. The Hall–Kier alpha value is -0.313. The largest absolute Gasteiger partial charge is 1.00 e. The summed E-state index contributed by atoms with van der Waals surface area (Å²) in [5, 5.41) is 0. The first kappa shape index (κ1) is 8.69. The summed E-state index contributed by atoms with van der Waals surface area (Å²) in [4.78, 5) is 0. The van der Waals surface area contributed by atoms with Crippen molar-refractivity contribution < 1.29 is 18.9 Å². The van der Waals surface area contributed by atoms with Gasteiger partial charge in [0.1, 0.15) is 0 Å². The van der Waals surface area contributed by atoms with Crippen LogP contribution in [0.4, 0.5) is 0 Å². The SMILES string of the molecule is C=CC[c-]1cccc1.[Li+]. The maximum absolute atomic E-state index is 3.64. The second-order valence-corrected chi connectivity index (χ2v) is 1.79. The minimum Gasteiger partial charge on any atom is -0.213 e. The molecule has 1 rings (SSSR count). The van der Waals surface area contributed by atoms with Crippen LogP contribution in [0.5, 0.6) is 0 Å². The number of allylic oxidation sites excluding steroid dienone is 1. The average Bonchev–Trinajstić information content (AvgIpc) is 2.19. The van der Waals surface area contributed by atoms with Crippen LogP contribution in [0.15, 0.2) is 36.9 Å². The standard InChI is InChI=1S/C8H9.Li/c1-2-5-8-6-3-4-7-8;/h2-4,6-7H,1,5H2;/q-1;+1. The van der Waals surface area contributed by atoms with Gasteiger partial charge in [-0.1, -0.05) is 12.5 Å². The van der Waals surface area contributed by atoms with Gasteiger partial charge < -0.3 is 0 Å². The van der Waals surface area contributed by atoms with E-state index in [4.69, 9.17) is 0 Å². The molecule has 0 atom stereocenters. The van der Waals surface area contributed by atoms with E-state index in [1.54, 1.807) is 0 Å². The normalized spacial score (nSPS) is 8.00. The first-order chi connectivity index (χ1) is 3.93. The van der Waals surface area contributed by atoms with Crippen LogP contribution in [0.3, 0.4) is 0 Å². The summed E-state index contributed by atoms with van der Waals surface area (Å²) in [6.45, 7) is 3.64. The molecule has 0 saturated carbocycles. The molecule has 0 spiro atoms. The van der Waals surface area contributed by atoms with Gasteiger partial charge in [-0.15, -0.1) is 6.58 Å². The van der Waals surface area contributed by atoms with Gasteiger partial charge in [-0.2, -0.15) is 17.7 Å². The van der Waals surface area contributed by atoms with Gasteiger partial charge in [0.05, 0.1) is 0 Å². The number of rotatable bonds is 2. The first-order valence-electron chi connectivity index (χ1n) is 2.75. The molecule has 0 fully saturated rings. The molecule has 1 heteroatoms. The van der Waals surface area contributed by atoms with Crippen LogP contribution >= 0.6 is 0 Å². The molecule has 0 aliphatic heterocycles. The fourth-order valence-corrected chi connectivity index (χ4v) is 0.717. The molecular weight excluding hydrogens is 103 g/mol. The molecular formula is C8H9Li. The Bertz CT molecular complexity index is 151. The summed E-state index contributed by atoms with van der Waals surface area (Å²) in [5.41, 5.74) is 1.35. The van der Waals surface area contributed by atoms with Crippen LogP contribution in [0, 0.1) is 0 Å². The van der Waals surface area contributed by atoms with E-state index in [9.17, 15) is 0 Å². The van der Waals surface area contributed by atoms with Crippen molar-refractivity contribution in [2.24, 2.45) is 0 Å². The van der Waals surface area contributed by atoms with Crippen LogP contribution < -0.4 is 18.9 Å². The van der Waals surface area contributed by atoms with Crippen LogP contribution in [-0.4, -0.2) is 0 Å². The quantitative estimate of drug-likeness (QED) is 0.265. The molecule has 0 radical (unpaired) electrons. The smallest absolute Gasteiger partial charge is 0.213 e. The minimum absolute atomic E-state index is 0. The van der Waals surface area contributed by atoms with Crippen molar-refractivity contribution in [3.63, 3.8) is 0 Å². The third kappa shape index (κ3) is 2.65. The fraction of sp³-hybridized carbons (Fsp3) is 0.125. The van der Waals surface area contributed by atoms with Crippen LogP contribution in [0.25, 0.3) is 0 Å². The van der Waals surface area contributed by atoms with Gasteiger partial charge in [0.2, 0.25) is 0 Å². The van der Waals surface area contributed by atoms with Gasteiger partial charge in [0.25, 0.3) is 0 Å². The second-order valence-electron chi connectivity index (χ2n) is 1.79. The maximum atomic E-state index is 3.64. The van der Waals surface area contributed by atoms with Crippen molar-refractivity contribution in [1.29, 1.82) is 0 Å². The van der Waals surface area contributed by atoms with Gasteiger partial charge >= 0.3 is 18.9 Å². The van der Waals surface area contributed by atoms with Gasteiger partial charge in [0, 0.05) is 0 Å². The number of hydrogen-bond donors (Lipinski definition) is 0. The van der Waals surface area contributed by atoms with E-state index in [-0.39, 0.29) is 18.9 Å². The van der Waals surface area contributed by atoms with E-state index in [1.165, 1.54) is 5.56 Å². The summed E-state index contributed by atoms with van der Waals surface area (Å²) < 4.78 is 0. The van der Waals surface area contributed by atoms with E-state index in [1.807, 2.05) is 18.2 Å². The van der Waals surface area contributed by atoms with E-state index in [0.29, 0.717) is 0 Å². The van der Waals surface area contributed by atoms with Gasteiger partial charge in [0.15, 0.2) is 0 Å². The third-order valence-corrected chi connectivity index (χ3v) is 1.11. The zero-order chi connectivity index (χ0) is 5.82. The first-order valence-corrected chi connectivity index (χ1v) is 2.75. The fourth-order valence-electron chi connectivity index (χ4n) is 0.717. The Labute approximate surface area is 68.1 Å². The molecule has 42 valence electrons. The molecule has 0 aliphatic rings. The Kier molecular flexibility index (Phi) is 4.40. The van der Waals surface area contributed by atoms with Gasteiger partial charge in [-0.3, -0.25) is 0 Å². The van der Waals surface area contributed by atoms with Gasteiger partial charge in [-0.25, -0.2) is 12.1 Å². The monoisotopic (exact) mass is 112 g/mol. The van der Waals surface area contributed by atoms with Crippen molar-refractivity contribution >= 4 is 0 Å². The molecule has 0 unspecified atom stereocenters. The predicted molar refractivity (Wildman–Crippen MR) is 35.9 cm³/mol. The van der Waals surface area contributed by atoms with E-state index in [0.717, 1.165) is 6.42 Å². The zero-order valence-corrected chi connectivity index (χ0v) is 5.80. The Balaban J connectivity index is 0.000000640. The van der Waals surface area contributed by atoms with Crippen molar-refractivity contribution in [2.45, 2.75) is 6.42 Å². The van der Waals surface area contributed by atoms with E-state index in [2.05, 4.69) is 18.7 Å². The van der Waals surface area contributed by atoms with Crippen LogP contribution in [-0.2, 0) is 6.42 Å². The van der Waals surface area contributed by atoms with Crippen molar-refractivity contribution in [3.8, 4) is 0 Å². The van der Waals surface area contributed by atoms with Crippen molar-refractivity contribution in [3.05, 3.63) is 42.5 Å². The van der Waals surface area contributed by atoms with E-state index >= 15 is 0 Å².